The van der Waals surface area contributed by atoms with Gasteiger partial charge < -0.3 is 4.74 Å². The summed E-state index contributed by atoms with van der Waals surface area (Å²) >= 11 is 0. The topological polar surface area (TPSA) is 29.5 Å². The average Bonchev–Trinajstić information content (AvgIpc) is 2.38. The van der Waals surface area contributed by atoms with Gasteiger partial charge in [0.1, 0.15) is 0 Å². The summed E-state index contributed by atoms with van der Waals surface area (Å²) in [6.45, 7) is 3.19. The van der Waals surface area contributed by atoms with Gasteiger partial charge in [-0.15, -0.1) is 0 Å². The van der Waals surface area contributed by atoms with E-state index in [2.05, 4.69) is 4.74 Å². The molecule has 0 spiro atoms. The summed E-state index contributed by atoms with van der Waals surface area (Å²) in [6.07, 6.45) is -3.48. The number of halogens is 3. The highest BCUT2D eigenvalue weighted by Crippen LogP contribution is 2.29. The van der Waals surface area contributed by atoms with Crippen LogP contribution in [-0.2, 0) is 22.3 Å². The van der Waals surface area contributed by atoms with Crippen LogP contribution in [0.4, 0.5) is 13.2 Å². The van der Waals surface area contributed by atoms with Crippen molar-refractivity contribution in [3.63, 3.8) is 0 Å². The molecule has 112 valence electrons. The second-order valence-electron chi connectivity index (χ2n) is 4.48. The van der Waals surface area contributed by atoms with E-state index in [1.54, 1.807) is 0 Å². The van der Waals surface area contributed by atoms with E-state index in [-0.39, 0.29) is 12.5 Å². The molecule has 20 heavy (non-hydrogen) atoms. The second-order valence-corrected chi connectivity index (χ2v) is 4.48. The Hall–Kier alpha value is -1.56. The van der Waals surface area contributed by atoms with Crippen molar-refractivity contribution in [2.75, 3.05) is 20.2 Å². The molecule has 0 fully saturated rings. The van der Waals surface area contributed by atoms with Crippen molar-refractivity contribution >= 4 is 5.97 Å². The number of carbonyl (C=O) groups excluding carboxylic acids is 1. The van der Waals surface area contributed by atoms with E-state index in [9.17, 15) is 18.0 Å². The van der Waals surface area contributed by atoms with Gasteiger partial charge in [-0.1, -0.05) is 19.1 Å². The van der Waals surface area contributed by atoms with Crippen LogP contribution in [0.2, 0.25) is 0 Å². The molecule has 0 aromatic heterocycles. The van der Waals surface area contributed by atoms with Gasteiger partial charge in [0.2, 0.25) is 0 Å². The molecule has 0 aliphatic heterocycles. The SMILES string of the molecule is CCCN(CC(=O)OC)Cc1ccc(C(F)(F)F)cc1. The highest BCUT2D eigenvalue weighted by Gasteiger charge is 2.29. The van der Waals surface area contributed by atoms with Gasteiger partial charge in [-0.2, -0.15) is 13.2 Å². The minimum atomic E-state index is -4.33. The van der Waals surface area contributed by atoms with Crippen LogP contribution < -0.4 is 0 Å². The van der Waals surface area contributed by atoms with E-state index in [1.165, 1.54) is 19.2 Å². The van der Waals surface area contributed by atoms with Crippen LogP contribution in [0.5, 0.6) is 0 Å². The Kier molecular flexibility index (Phi) is 6.01. The summed E-state index contributed by atoms with van der Waals surface area (Å²) in [7, 11) is 1.31. The minimum Gasteiger partial charge on any atom is -0.468 e. The molecule has 0 aliphatic carbocycles. The number of methoxy groups -OCH3 is 1. The van der Waals surface area contributed by atoms with E-state index in [0.29, 0.717) is 13.1 Å². The van der Waals surface area contributed by atoms with Gasteiger partial charge in [0.05, 0.1) is 19.2 Å². The lowest BCUT2D eigenvalue weighted by atomic mass is 10.1. The lowest BCUT2D eigenvalue weighted by Crippen LogP contribution is -2.30. The highest BCUT2D eigenvalue weighted by atomic mass is 19.4. The van der Waals surface area contributed by atoms with E-state index >= 15 is 0 Å². The quantitative estimate of drug-likeness (QED) is 0.754. The van der Waals surface area contributed by atoms with E-state index in [0.717, 1.165) is 24.1 Å². The molecule has 1 aromatic carbocycles. The number of benzene rings is 1. The molecule has 1 rings (SSSR count). The molecular formula is C14H18F3NO2. The number of carbonyl (C=O) groups is 1. The molecule has 0 bridgehead atoms. The molecule has 0 unspecified atom stereocenters. The Morgan fingerprint density at radius 3 is 2.30 bits per heavy atom. The van der Waals surface area contributed by atoms with E-state index < -0.39 is 11.7 Å². The molecule has 6 heteroatoms. The number of hydrogen-bond donors (Lipinski definition) is 0. The van der Waals surface area contributed by atoms with Gasteiger partial charge in [-0.05, 0) is 30.7 Å². The van der Waals surface area contributed by atoms with Crippen molar-refractivity contribution in [3.05, 3.63) is 35.4 Å². The van der Waals surface area contributed by atoms with E-state index in [4.69, 9.17) is 0 Å². The Balaban J connectivity index is 2.71. The molecule has 0 saturated carbocycles. The number of rotatable bonds is 6. The Labute approximate surface area is 116 Å². The van der Waals surface area contributed by atoms with Crippen molar-refractivity contribution in [3.8, 4) is 0 Å². The summed E-state index contributed by atoms with van der Waals surface area (Å²) in [5.74, 6) is -0.356. The number of hydrogen-bond acceptors (Lipinski definition) is 3. The first kappa shape index (κ1) is 16.5. The monoisotopic (exact) mass is 289 g/mol. The van der Waals surface area contributed by atoms with Crippen LogP contribution in [0.1, 0.15) is 24.5 Å². The molecule has 0 saturated heterocycles. The maximum atomic E-state index is 12.4. The normalized spacial score (nSPS) is 11.7. The van der Waals surface area contributed by atoms with Crippen molar-refractivity contribution in [2.24, 2.45) is 0 Å². The number of alkyl halides is 3. The Morgan fingerprint density at radius 2 is 1.85 bits per heavy atom. The standard InChI is InChI=1S/C14H18F3NO2/c1-3-8-18(10-13(19)20-2)9-11-4-6-12(7-5-11)14(15,16)17/h4-7H,3,8-10H2,1-2H3. The van der Waals surface area contributed by atoms with Gasteiger partial charge in [0.25, 0.3) is 0 Å². The summed E-state index contributed by atoms with van der Waals surface area (Å²) < 4.78 is 41.9. The zero-order valence-corrected chi connectivity index (χ0v) is 11.5. The van der Waals surface area contributed by atoms with Crippen LogP contribution in [0, 0.1) is 0 Å². The molecule has 0 atom stereocenters. The highest BCUT2D eigenvalue weighted by molar-refractivity contribution is 5.71. The van der Waals surface area contributed by atoms with Gasteiger partial charge >= 0.3 is 12.1 Å². The first-order valence-electron chi connectivity index (χ1n) is 6.32. The number of nitrogens with zero attached hydrogens (tertiary/aromatic N) is 1. The zero-order chi connectivity index (χ0) is 15.2. The molecule has 0 heterocycles. The Morgan fingerprint density at radius 1 is 1.25 bits per heavy atom. The van der Waals surface area contributed by atoms with Crippen LogP contribution in [0.15, 0.2) is 24.3 Å². The third-order valence-electron chi connectivity index (χ3n) is 2.81. The van der Waals surface area contributed by atoms with Crippen LogP contribution >= 0.6 is 0 Å². The average molecular weight is 289 g/mol. The van der Waals surface area contributed by atoms with Gasteiger partial charge in [-0.25, -0.2) is 0 Å². The maximum Gasteiger partial charge on any atom is 0.416 e. The summed E-state index contributed by atoms with van der Waals surface area (Å²) in [6, 6.07) is 4.97. The third-order valence-corrected chi connectivity index (χ3v) is 2.81. The molecule has 0 amide bonds. The lowest BCUT2D eigenvalue weighted by Gasteiger charge is -2.20. The maximum absolute atomic E-state index is 12.4. The fourth-order valence-electron chi connectivity index (χ4n) is 1.83. The van der Waals surface area contributed by atoms with Crippen LogP contribution in [-0.4, -0.2) is 31.1 Å². The van der Waals surface area contributed by atoms with Crippen molar-refractivity contribution in [1.29, 1.82) is 0 Å². The van der Waals surface area contributed by atoms with Crippen molar-refractivity contribution in [1.82, 2.24) is 4.90 Å². The van der Waals surface area contributed by atoms with Gasteiger partial charge in [0.15, 0.2) is 0 Å². The van der Waals surface area contributed by atoms with E-state index in [1.807, 2.05) is 11.8 Å². The van der Waals surface area contributed by atoms with Gasteiger partial charge in [-0.3, -0.25) is 9.69 Å². The predicted octanol–water partition coefficient (Wildman–Crippen LogP) is 3.09. The number of ether oxygens (including phenoxy) is 1. The fraction of sp³-hybridized carbons (Fsp3) is 0.500. The first-order chi connectivity index (χ1) is 9.36. The second kappa shape index (κ2) is 7.28. The first-order valence-corrected chi connectivity index (χ1v) is 6.32. The predicted molar refractivity (Wildman–Crippen MR) is 69.0 cm³/mol. The third kappa shape index (κ3) is 5.21. The van der Waals surface area contributed by atoms with Gasteiger partial charge in [0, 0.05) is 6.54 Å². The minimum absolute atomic E-state index is 0.130. The number of esters is 1. The van der Waals surface area contributed by atoms with Crippen molar-refractivity contribution < 1.29 is 22.7 Å². The molecule has 0 radical (unpaired) electrons. The summed E-state index contributed by atoms with van der Waals surface area (Å²) in [4.78, 5) is 13.1. The summed E-state index contributed by atoms with van der Waals surface area (Å²) in [5.41, 5.74) is 0.0617. The largest absolute Gasteiger partial charge is 0.468 e. The fourth-order valence-corrected chi connectivity index (χ4v) is 1.83. The Bertz CT molecular complexity index is 429. The smallest absolute Gasteiger partial charge is 0.416 e. The molecule has 0 N–H and O–H groups in total. The molecule has 3 nitrogen and oxygen atoms in total. The molecule has 0 aliphatic rings. The molecular weight excluding hydrogens is 271 g/mol. The van der Waals surface area contributed by atoms with Crippen LogP contribution in [0.3, 0.4) is 0 Å². The van der Waals surface area contributed by atoms with Crippen molar-refractivity contribution in [2.45, 2.75) is 26.1 Å². The van der Waals surface area contributed by atoms with Crippen LogP contribution in [0.25, 0.3) is 0 Å². The zero-order valence-electron chi connectivity index (χ0n) is 11.5. The lowest BCUT2D eigenvalue weighted by molar-refractivity contribution is -0.142. The summed E-state index contributed by atoms with van der Waals surface area (Å²) in [5, 5.41) is 0. The molecule has 1 aromatic rings.